The van der Waals surface area contributed by atoms with Crippen LogP contribution in [0.25, 0.3) is 33.9 Å². The van der Waals surface area contributed by atoms with Crippen LogP contribution >= 0.6 is 0 Å². The summed E-state index contributed by atoms with van der Waals surface area (Å²) < 4.78 is 26.9. The quantitative estimate of drug-likeness (QED) is 0.448. The summed E-state index contributed by atoms with van der Waals surface area (Å²) in [5.74, 6) is 0.852. The summed E-state index contributed by atoms with van der Waals surface area (Å²) in [6.45, 7) is 0. The van der Waals surface area contributed by atoms with E-state index in [4.69, 9.17) is 9.26 Å². The van der Waals surface area contributed by atoms with Crippen LogP contribution in [-0.4, -0.2) is 24.7 Å². The lowest BCUT2D eigenvalue weighted by Crippen LogP contribution is -1.92. The molecule has 0 spiro atoms. The molecule has 0 unspecified atom stereocenters. The maximum atomic E-state index is 13.9. The molecule has 0 fully saturated rings. The summed E-state index contributed by atoms with van der Waals surface area (Å²) in [6, 6.07) is 14.0. The minimum Gasteiger partial charge on any atom is -0.437 e. The van der Waals surface area contributed by atoms with Gasteiger partial charge in [0.15, 0.2) is 0 Å². The summed E-state index contributed by atoms with van der Waals surface area (Å²) in [4.78, 5) is 12.7. The van der Waals surface area contributed by atoms with Crippen molar-refractivity contribution in [3.05, 3.63) is 72.9 Å². The maximum absolute atomic E-state index is 13.9. The van der Waals surface area contributed by atoms with E-state index in [0.717, 1.165) is 10.9 Å². The fourth-order valence-corrected chi connectivity index (χ4v) is 2.99. The van der Waals surface area contributed by atoms with E-state index >= 15 is 0 Å². The zero-order chi connectivity index (χ0) is 19.8. The molecular formula is C21H14FN5O2. The molecule has 0 bridgehead atoms. The van der Waals surface area contributed by atoms with Gasteiger partial charge in [-0.3, -0.25) is 0 Å². The van der Waals surface area contributed by atoms with Gasteiger partial charge in [-0.2, -0.15) is 4.98 Å². The molecule has 0 amide bonds. The van der Waals surface area contributed by atoms with Crippen LogP contribution in [0.3, 0.4) is 0 Å². The highest BCUT2D eigenvalue weighted by atomic mass is 19.1. The van der Waals surface area contributed by atoms with Gasteiger partial charge in [0.2, 0.25) is 11.7 Å². The second-order valence-corrected chi connectivity index (χ2v) is 6.39. The number of benzene rings is 2. The molecule has 3 heterocycles. The third-order valence-corrected chi connectivity index (χ3v) is 4.47. The molecule has 142 valence electrons. The van der Waals surface area contributed by atoms with E-state index in [1.54, 1.807) is 18.2 Å². The summed E-state index contributed by atoms with van der Waals surface area (Å²) in [7, 11) is 1.97. The van der Waals surface area contributed by atoms with Gasteiger partial charge < -0.3 is 13.8 Å². The number of fused-ring (bicyclic) bond motifs is 1. The minimum absolute atomic E-state index is 0.146. The van der Waals surface area contributed by atoms with Crippen molar-refractivity contribution in [2.45, 2.75) is 0 Å². The Labute approximate surface area is 164 Å². The van der Waals surface area contributed by atoms with E-state index in [9.17, 15) is 4.39 Å². The van der Waals surface area contributed by atoms with Crippen molar-refractivity contribution < 1.29 is 13.7 Å². The molecule has 0 saturated heterocycles. The minimum atomic E-state index is -0.426. The van der Waals surface area contributed by atoms with Crippen molar-refractivity contribution in [2.24, 2.45) is 7.05 Å². The van der Waals surface area contributed by atoms with Crippen molar-refractivity contribution in [1.29, 1.82) is 0 Å². The second kappa shape index (κ2) is 6.83. The van der Waals surface area contributed by atoms with Gasteiger partial charge >= 0.3 is 0 Å². The molecule has 0 N–H and O–H groups in total. The Morgan fingerprint density at radius 2 is 1.93 bits per heavy atom. The van der Waals surface area contributed by atoms with Crippen LogP contribution in [0.4, 0.5) is 4.39 Å². The fraction of sp³-hybridized carbons (Fsp3) is 0.0476. The van der Waals surface area contributed by atoms with E-state index in [1.165, 1.54) is 18.5 Å². The summed E-state index contributed by atoms with van der Waals surface area (Å²) in [5, 5.41) is 4.95. The van der Waals surface area contributed by atoms with Gasteiger partial charge in [0, 0.05) is 19.3 Å². The summed E-state index contributed by atoms with van der Waals surface area (Å²) in [5.41, 5.74) is 1.68. The largest absolute Gasteiger partial charge is 0.437 e. The molecule has 2 aromatic carbocycles. The van der Waals surface area contributed by atoms with Gasteiger partial charge in [-0.25, -0.2) is 14.4 Å². The number of rotatable bonds is 4. The third-order valence-electron chi connectivity index (χ3n) is 4.47. The van der Waals surface area contributed by atoms with Crippen LogP contribution in [0.5, 0.6) is 11.6 Å². The molecule has 0 atom stereocenters. The molecule has 0 aliphatic heterocycles. The Balaban J connectivity index is 1.37. The number of ether oxygens (including phenoxy) is 1. The third kappa shape index (κ3) is 3.20. The van der Waals surface area contributed by atoms with Crippen LogP contribution in [0.1, 0.15) is 0 Å². The van der Waals surface area contributed by atoms with Crippen LogP contribution in [0, 0.1) is 5.82 Å². The van der Waals surface area contributed by atoms with Crippen LogP contribution < -0.4 is 4.74 Å². The molecular weight excluding hydrogens is 373 g/mol. The van der Waals surface area contributed by atoms with Crippen molar-refractivity contribution in [1.82, 2.24) is 24.7 Å². The smallest absolute Gasteiger partial charge is 0.278 e. The lowest BCUT2D eigenvalue weighted by Gasteiger charge is -2.05. The number of hydrogen-bond donors (Lipinski definition) is 0. The first-order valence-corrected chi connectivity index (χ1v) is 8.81. The lowest BCUT2D eigenvalue weighted by atomic mass is 10.2. The SMILES string of the molecule is Cn1ccc2ccc(Oc3cnc(-c4nc(-c5ccccc5F)no4)cn3)cc21. The van der Waals surface area contributed by atoms with Crippen molar-refractivity contribution in [3.8, 4) is 34.6 Å². The van der Waals surface area contributed by atoms with Crippen LogP contribution in [0.15, 0.2) is 71.6 Å². The number of aryl methyl sites for hydroxylation is 1. The maximum Gasteiger partial charge on any atom is 0.278 e. The van der Waals surface area contributed by atoms with Crippen molar-refractivity contribution >= 4 is 10.9 Å². The first-order valence-electron chi connectivity index (χ1n) is 8.81. The fourth-order valence-electron chi connectivity index (χ4n) is 2.99. The normalized spacial score (nSPS) is 11.1. The Kier molecular flexibility index (Phi) is 4.02. The zero-order valence-electron chi connectivity index (χ0n) is 15.3. The molecule has 5 aromatic rings. The molecule has 0 saturated carbocycles. The highest BCUT2D eigenvalue weighted by molar-refractivity contribution is 5.81. The zero-order valence-corrected chi connectivity index (χ0v) is 15.3. The van der Waals surface area contributed by atoms with E-state index < -0.39 is 5.82 Å². The van der Waals surface area contributed by atoms with E-state index in [2.05, 4.69) is 20.1 Å². The average molecular weight is 387 g/mol. The highest BCUT2D eigenvalue weighted by Crippen LogP contribution is 2.26. The monoisotopic (exact) mass is 387 g/mol. The van der Waals surface area contributed by atoms with Crippen LogP contribution in [-0.2, 0) is 7.05 Å². The van der Waals surface area contributed by atoms with Gasteiger partial charge in [0.05, 0.1) is 23.5 Å². The van der Waals surface area contributed by atoms with Gasteiger partial charge in [-0.1, -0.05) is 17.3 Å². The predicted molar refractivity (Wildman–Crippen MR) is 104 cm³/mol. The average Bonchev–Trinajstić information content (AvgIpc) is 3.37. The van der Waals surface area contributed by atoms with Gasteiger partial charge in [0.25, 0.3) is 5.89 Å². The molecule has 7 nitrogen and oxygen atoms in total. The molecule has 5 rings (SSSR count). The van der Waals surface area contributed by atoms with Gasteiger partial charge in [-0.05, 0) is 35.7 Å². The second-order valence-electron chi connectivity index (χ2n) is 6.39. The molecule has 3 aromatic heterocycles. The summed E-state index contributed by atoms with van der Waals surface area (Å²) in [6.07, 6.45) is 4.93. The first-order chi connectivity index (χ1) is 14.2. The lowest BCUT2D eigenvalue weighted by molar-refractivity contribution is 0.429. The Morgan fingerprint density at radius 3 is 2.76 bits per heavy atom. The number of halogens is 1. The van der Waals surface area contributed by atoms with E-state index in [-0.39, 0.29) is 17.3 Å². The molecule has 0 radical (unpaired) electrons. The van der Waals surface area contributed by atoms with Gasteiger partial charge in [0.1, 0.15) is 17.3 Å². The highest BCUT2D eigenvalue weighted by Gasteiger charge is 2.15. The Bertz CT molecular complexity index is 1310. The van der Waals surface area contributed by atoms with Crippen molar-refractivity contribution in [3.63, 3.8) is 0 Å². The Hall–Kier alpha value is -4.07. The number of nitrogens with zero attached hydrogens (tertiary/aromatic N) is 5. The number of hydrogen-bond acceptors (Lipinski definition) is 6. The van der Waals surface area contributed by atoms with E-state index in [0.29, 0.717) is 17.3 Å². The molecule has 8 heteroatoms. The van der Waals surface area contributed by atoms with E-state index in [1.807, 2.05) is 42.1 Å². The molecule has 0 aliphatic carbocycles. The Morgan fingerprint density at radius 1 is 1.03 bits per heavy atom. The first kappa shape index (κ1) is 17.1. The van der Waals surface area contributed by atoms with Gasteiger partial charge in [-0.15, -0.1) is 0 Å². The standard InChI is InChI=1S/C21H14FN5O2/c1-27-9-8-13-6-7-14(10-18(13)27)28-19-12-23-17(11-24-19)21-25-20(26-29-21)15-4-2-3-5-16(15)22/h2-12H,1H3. The van der Waals surface area contributed by atoms with Crippen LogP contribution in [0.2, 0.25) is 0 Å². The predicted octanol–water partition coefficient (Wildman–Crippen LogP) is 4.62. The summed E-state index contributed by atoms with van der Waals surface area (Å²) >= 11 is 0. The molecule has 29 heavy (non-hydrogen) atoms. The number of aromatic nitrogens is 5. The van der Waals surface area contributed by atoms with Crippen molar-refractivity contribution in [2.75, 3.05) is 0 Å². The molecule has 0 aliphatic rings. The topological polar surface area (TPSA) is 78.9 Å².